The third kappa shape index (κ3) is 5.56. The Kier molecular flexibility index (Phi) is 6.77. The van der Waals surface area contributed by atoms with Crippen molar-refractivity contribution in [1.82, 2.24) is 10.2 Å². The first-order valence-electron chi connectivity index (χ1n) is 9.61. The van der Waals surface area contributed by atoms with Gasteiger partial charge in [0.25, 0.3) is 11.1 Å². The average Bonchev–Trinajstić information content (AvgIpc) is 3.21. The van der Waals surface area contributed by atoms with Crippen molar-refractivity contribution in [3.63, 3.8) is 0 Å². The minimum absolute atomic E-state index is 0.121. The first-order chi connectivity index (χ1) is 15.0. The van der Waals surface area contributed by atoms with Gasteiger partial charge >= 0.3 is 0 Å². The van der Waals surface area contributed by atoms with Crippen LogP contribution in [0.5, 0.6) is 5.75 Å². The number of aryl methyl sites for hydroxylation is 2. The van der Waals surface area contributed by atoms with Gasteiger partial charge in [0.2, 0.25) is 5.91 Å². The normalized spacial score (nSPS) is 10.9. The molecule has 0 aliphatic heterocycles. The maximum atomic E-state index is 12.4. The van der Waals surface area contributed by atoms with Crippen LogP contribution in [0.4, 0.5) is 5.69 Å². The summed E-state index contributed by atoms with van der Waals surface area (Å²) in [7, 11) is 0. The second kappa shape index (κ2) is 9.69. The lowest BCUT2D eigenvalue weighted by Crippen LogP contribution is -2.16. The van der Waals surface area contributed by atoms with E-state index in [0.717, 1.165) is 36.9 Å². The number of thioether (sulfide) groups is 1. The minimum Gasteiger partial charge on any atom is -0.484 e. The van der Waals surface area contributed by atoms with E-state index in [1.807, 2.05) is 62.4 Å². The summed E-state index contributed by atoms with van der Waals surface area (Å²) in [5, 5.41) is 13.5. The van der Waals surface area contributed by atoms with Crippen LogP contribution in [0.1, 0.15) is 17.0 Å². The van der Waals surface area contributed by atoms with Gasteiger partial charge in [0, 0.05) is 9.26 Å². The second-order valence-electron chi connectivity index (χ2n) is 7.01. The lowest BCUT2D eigenvalue weighted by Gasteiger charge is -2.11. The van der Waals surface area contributed by atoms with Crippen LogP contribution in [0.3, 0.4) is 0 Å². The van der Waals surface area contributed by atoms with E-state index in [-0.39, 0.29) is 18.3 Å². The standard InChI is InChI=1S/C23H20IN3O3S/c1-14-9-18(24)10-15(2)22(14)25-20(28)13-31-23-27-26-21(30-23)12-29-19-8-7-16-5-3-4-6-17(16)11-19/h3-11H,12-13H2,1-2H3,(H,25,28). The van der Waals surface area contributed by atoms with Gasteiger partial charge in [-0.15, -0.1) is 10.2 Å². The number of hydrogen-bond acceptors (Lipinski definition) is 6. The van der Waals surface area contributed by atoms with Crippen LogP contribution in [0.25, 0.3) is 10.8 Å². The number of carbonyl (C=O) groups excluding carboxylic acids is 1. The van der Waals surface area contributed by atoms with E-state index in [1.165, 1.54) is 11.8 Å². The Morgan fingerprint density at radius 3 is 2.58 bits per heavy atom. The number of hydrogen-bond donors (Lipinski definition) is 1. The molecule has 0 spiro atoms. The van der Waals surface area contributed by atoms with Crippen LogP contribution in [-0.2, 0) is 11.4 Å². The summed E-state index contributed by atoms with van der Waals surface area (Å²) in [6, 6.07) is 18.1. The third-order valence-corrected chi connectivity index (χ3v) is 6.06. The van der Waals surface area contributed by atoms with Crippen molar-refractivity contribution < 1.29 is 13.9 Å². The van der Waals surface area contributed by atoms with E-state index < -0.39 is 0 Å². The minimum atomic E-state index is -0.121. The number of benzene rings is 3. The van der Waals surface area contributed by atoms with Gasteiger partial charge in [-0.05, 0) is 82.6 Å². The molecule has 1 N–H and O–H groups in total. The predicted octanol–water partition coefficient (Wildman–Crippen LogP) is 5.75. The Morgan fingerprint density at radius 2 is 1.81 bits per heavy atom. The summed E-state index contributed by atoms with van der Waals surface area (Å²) in [5.41, 5.74) is 2.92. The number of amides is 1. The maximum absolute atomic E-state index is 12.4. The maximum Gasteiger partial charge on any atom is 0.277 e. The molecule has 3 aromatic carbocycles. The number of fused-ring (bicyclic) bond motifs is 1. The van der Waals surface area contributed by atoms with Crippen LogP contribution in [0.15, 0.2) is 64.2 Å². The zero-order valence-corrected chi connectivity index (χ0v) is 20.0. The van der Waals surface area contributed by atoms with Crippen LogP contribution in [-0.4, -0.2) is 21.9 Å². The zero-order valence-electron chi connectivity index (χ0n) is 17.0. The van der Waals surface area contributed by atoms with E-state index in [9.17, 15) is 4.79 Å². The molecule has 0 aliphatic rings. The predicted molar refractivity (Wildman–Crippen MR) is 131 cm³/mol. The molecule has 0 bridgehead atoms. The molecule has 1 amide bonds. The van der Waals surface area contributed by atoms with E-state index in [1.54, 1.807) is 0 Å². The van der Waals surface area contributed by atoms with E-state index in [4.69, 9.17) is 9.15 Å². The van der Waals surface area contributed by atoms with Crippen LogP contribution < -0.4 is 10.1 Å². The molecule has 4 rings (SSSR count). The van der Waals surface area contributed by atoms with Gasteiger partial charge in [0.05, 0.1) is 5.75 Å². The topological polar surface area (TPSA) is 77.2 Å². The van der Waals surface area contributed by atoms with Crippen molar-refractivity contribution in [2.75, 3.05) is 11.1 Å². The highest BCUT2D eigenvalue weighted by atomic mass is 127. The summed E-state index contributed by atoms with van der Waals surface area (Å²) in [5.74, 6) is 1.15. The molecule has 0 aliphatic carbocycles. The van der Waals surface area contributed by atoms with Crippen molar-refractivity contribution in [3.8, 4) is 5.75 Å². The summed E-state index contributed by atoms with van der Waals surface area (Å²) in [4.78, 5) is 12.4. The number of rotatable bonds is 7. The summed E-state index contributed by atoms with van der Waals surface area (Å²) < 4.78 is 12.5. The molecular formula is C23H20IN3O3S. The average molecular weight is 545 g/mol. The monoisotopic (exact) mass is 545 g/mol. The van der Waals surface area contributed by atoms with Gasteiger partial charge in [-0.1, -0.05) is 42.1 Å². The highest BCUT2D eigenvalue weighted by Gasteiger charge is 2.13. The van der Waals surface area contributed by atoms with Crippen molar-refractivity contribution in [2.45, 2.75) is 25.7 Å². The molecule has 0 fully saturated rings. The second-order valence-corrected chi connectivity index (χ2v) is 9.18. The zero-order chi connectivity index (χ0) is 21.8. The molecule has 4 aromatic rings. The van der Waals surface area contributed by atoms with Gasteiger partial charge in [-0.25, -0.2) is 0 Å². The summed E-state index contributed by atoms with van der Waals surface area (Å²) in [6.45, 7) is 4.13. The fourth-order valence-corrected chi connectivity index (χ4v) is 4.68. The smallest absolute Gasteiger partial charge is 0.277 e. The van der Waals surface area contributed by atoms with Crippen molar-refractivity contribution >= 4 is 56.7 Å². The quantitative estimate of drug-likeness (QED) is 0.235. The summed E-state index contributed by atoms with van der Waals surface area (Å²) >= 11 is 3.46. The Labute approximate surface area is 197 Å². The lowest BCUT2D eigenvalue weighted by atomic mass is 10.1. The molecule has 0 saturated carbocycles. The number of halogens is 1. The van der Waals surface area contributed by atoms with Gasteiger partial charge in [-0.3, -0.25) is 4.79 Å². The Bertz CT molecular complexity index is 1220. The first-order valence-corrected chi connectivity index (χ1v) is 11.7. The first kappa shape index (κ1) is 21.6. The number of aromatic nitrogens is 2. The van der Waals surface area contributed by atoms with Crippen molar-refractivity contribution in [1.29, 1.82) is 0 Å². The Morgan fingerprint density at radius 1 is 1.06 bits per heavy atom. The molecular weight excluding hydrogens is 525 g/mol. The van der Waals surface area contributed by atoms with Gasteiger partial charge in [0.1, 0.15) is 5.75 Å². The molecule has 0 saturated heterocycles. The SMILES string of the molecule is Cc1cc(I)cc(C)c1NC(=O)CSc1nnc(COc2ccc3ccccc3c2)o1. The molecule has 6 nitrogen and oxygen atoms in total. The van der Waals surface area contributed by atoms with Crippen LogP contribution >= 0.6 is 34.4 Å². The fraction of sp³-hybridized carbons (Fsp3) is 0.174. The van der Waals surface area contributed by atoms with Crippen LogP contribution in [0, 0.1) is 17.4 Å². The molecule has 0 unspecified atom stereocenters. The highest BCUT2D eigenvalue weighted by molar-refractivity contribution is 14.1. The van der Waals surface area contributed by atoms with Gasteiger partial charge < -0.3 is 14.5 Å². The Balaban J connectivity index is 1.30. The van der Waals surface area contributed by atoms with Crippen molar-refractivity contribution in [3.05, 3.63) is 75.2 Å². The number of nitrogens with zero attached hydrogens (tertiary/aromatic N) is 2. The molecule has 1 aromatic heterocycles. The fourth-order valence-electron chi connectivity index (χ4n) is 3.17. The highest BCUT2D eigenvalue weighted by Crippen LogP contribution is 2.25. The summed E-state index contributed by atoms with van der Waals surface area (Å²) in [6.07, 6.45) is 0. The Hall–Kier alpha value is -2.59. The van der Waals surface area contributed by atoms with Crippen LogP contribution in [0.2, 0.25) is 0 Å². The third-order valence-electron chi connectivity index (χ3n) is 4.62. The molecule has 1 heterocycles. The van der Waals surface area contributed by atoms with E-state index in [2.05, 4.69) is 44.2 Å². The number of nitrogens with one attached hydrogen (secondary N) is 1. The van der Waals surface area contributed by atoms with E-state index in [0.29, 0.717) is 11.1 Å². The molecule has 8 heteroatoms. The number of ether oxygens (including phenoxy) is 1. The molecule has 0 atom stereocenters. The molecule has 0 radical (unpaired) electrons. The van der Waals surface area contributed by atoms with E-state index >= 15 is 0 Å². The van der Waals surface area contributed by atoms with Gasteiger partial charge in [0.15, 0.2) is 6.61 Å². The van der Waals surface area contributed by atoms with Crippen molar-refractivity contribution in [2.24, 2.45) is 0 Å². The van der Waals surface area contributed by atoms with Gasteiger partial charge in [-0.2, -0.15) is 0 Å². The number of carbonyl (C=O) groups is 1. The molecule has 31 heavy (non-hydrogen) atoms. The number of anilines is 1. The molecule has 158 valence electrons. The largest absolute Gasteiger partial charge is 0.484 e. The lowest BCUT2D eigenvalue weighted by molar-refractivity contribution is -0.113.